The van der Waals surface area contributed by atoms with E-state index in [2.05, 4.69) is 10.3 Å². The molecule has 15 heavy (non-hydrogen) atoms. The number of ether oxygens (including phenoxy) is 1. The van der Waals surface area contributed by atoms with Crippen molar-refractivity contribution in [1.82, 2.24) is 10.3 Å². The van der Waals surface area contributed by atoms with Crippen LogP contribution in [0.5, 0.6) is 0 Å². The maximum absolute atomic E-state index is 11.7. The van der Waals surface area contributed by atoms with E-state index in [1.54, 1.807) is 13.2 Å². The number of alkyl halides is 2. The van der Waals surface area contributed by atoms with Gasteiger partial charge in [-0.1, -0.05) is 0 Å². The summed E-state index contributed by atoms with van der Waals surface area (Å²) in [6.07, 6.45) is -0.374. The summed E-state index contributed by atoms with van der Waals surface area (Å²) in [5, 5.41) is 2.89. The van der Waals surface area contributed by atoms with Crippen LogP contribution in [-0.2, 0) is 17.7 Å². The van der Waals surface area contributed by atoms with Gasteiger partial charge in [0.2, 0.25) is 5.89 Å². The zero-order chi connectivity index (χ0) is 11.1. The summed E-state index contributed by atoms with van der Waals surface area (Å²) >= 11 is 0. The number of nitrogens with zero attached hydrogens (tertiary/aromatic N) is 1. The summed E-state index contributed by atoms with van der Waals surface area (Å²) in [5.74, 6) is 1.23. The van der Waals surface area contributed by atoms with Crippen molar-refractivity contribution in [2.75, 3.05) is 20.3 Å². The molecule has 1 N–H and O–H groups in total. The number of oxazole rings is 1. The Kier molecular flexibility index (Phi) is 5.20. The van der Waals surface area contributed by atoms with Crippen LogP contribution in [0.2, 0.25) is 0 Å². The van der Waals surface area contributed by atoms with E-state index in [1.807, 2.05) is 0 Å². The SMILES string of the molecule is CNCc1ncc(CCOCC(F)F)o1. The molecule has 6 heteroatoms. The highest BCUT2D eigenvalue weighted by Gasteiger charge is 2.05. The van der Waals surface area contributed by atoms with Crippen molar-refractivity contribution in [3.05, 3.63) is 17.8 Å². The van der Waals surface area contributed by atoms with Crippen molar-refractivity contribution in [3.8, 4) is 0 Å². The highest BCUT2D eigenvalue weighted by Crippen LogP contribution is 2.04. The van der Waals surface area contributed by atoms with Crippen LogP contribution in [0.1, 0.15) is 11.7 Å². The first-order chi connectivity index (χ1) is 7.22. The number of hydrogen-bond acceptors (Lipinski definition) is 4. The molecule has 0 bridgehead atoms. The molecule has 0 aliphatic carbocycles. The second kappa shape index (κ2) is 6.47. The topological polar surface area (TPSA) is 47.3 Å². The van der Waals surface area contributed by atoms with Crippen LogP contribution in [0.4, 0.5) is 8.78 Å². The first-order valence-electron chi connectivity index (χ1n) is 4.66. The fraction of sp³-hybridized carbons (Fsp3) is 0.667. The minimum absolute atomic E-state index is 0.221. The fourth-order valence-electron chi connectivity index (χ4n) is 1.04. The van der Waals surface area contributed by atoms with Crippen molar-refractivity contribution in [3.63, 3.8) is 0 Å². The third kappa shape index (κ3) is 4.85. The summed E-state index contributed by atoms with van der Waals surface area (Å²) in [6.45, 7) is 0.244. The second-order valence-corrected chi connectivity index (χ2v) is 2.97. The summed E-state index contributed by atoms with van der Waals surface area (Å²) in [7, 11) is 1.79. The molecule has 0 aromatic carbocycles. The molecule has 0 aliphatic heterocycles. The predicted octanol–water partition coefficient (Wildman–Crippen LogP) is 1.22. The van der Waals surface area contributed by atoms with E-state index >= 15 is 0 Å². The molecular formula is C9H14F2N2O2. The molecule has 86 valence electrons. The van der Waals surface area contributed by atoms with Gasteiger partial charge in [-0.05, 0) is 7.05 Å². The average Bonchev–Trinajstić information content (AvgIpc) is 2.61. The Labute approximate surface area is 86.6 Å². The largest absolute Gasteiger partial charge is 0.444 e. The molecule has 0 atom stereocenters. The molecule has 0 radical (unpaired) electrons. The smallest absolute Gasteiger partial charge is 0.261 e. The Morgan fingerprint density at radius 3 is 3.07 bits per heavy atom. The average molecular weight is 220 g/mol. The monoisotopic (exact) mass is 220 g/mol. The lowest BCUT2D eigenvalue weighted by Crippen LogP contribution is -2.06. The number of halogens is 2. The van der Waals surface area contributed by atoms with Crippen molar-refractivity contribution in [2.45, 2.75) is 19.4 Å². The lowest BCUT2D eigenvalue weighted by molar-refractivity contribution is 0.0176. The van der Waals surface area contributed by atoms with E-state index < -0.39 is 13.0 Å². The van der Waals surface area contributed by atoms with Gasteiger partial charge in [0.15, 0.2) is 0 Å². The van der Waals surface area contributed by atoms with E-state index in [-0.39, 0.29) is 6.61 Å². The zero-order valence-corrected chi connectivity index (χ0v) is 8.50. The highest BCUT2D eigenvalue weighted by molar-refractivity contribution is 4.94. The molecule has 1 aromatic heterocycles. The van der Waals surface area contributed by atoms with E-state index in [1.165, 1.54) is 0 Å². The highest BCUT2D eigenvalue weighted by atomic mass is 19.3. The van der Waals surface area contributed by atoms with Crippen LogP contribution >= 0.6 is 0 Å². The van der Waals surface area contributed by atoms with Gasteiger partial charge >= 0.3 is 0 Å². The summed E-state index contributed by atoms with van der Waals surface area (Å²) < 4.78 is 33.4. The Balaban J connectivity index is 2.19. The molecule has 1 heterocycles. The van der Waals surface area contributed by atoms with Crippen LogP contribution in [0.25, 0.3) is 0 Å². The Hall–Kier alpha value is -1.01. The maximum Gasteiger partial charge on any atom is 0.261 e. The van der Waals surface area contributed by atoms with Crippen LogP contribution in [0.3, 0.4) is 0 Å². The number of aromatic nitrogens is 1. The van der Waals surface area contributed by atoms with Crippen molar-refractivity contribution >= 4 is 0 Å². The van der Waals surface area contributed by atoms with Gasteiger partial charge in [0.05, 0.1) is 19.3 Å². The summed E-state index contributed by atoms with van der Waals surface area (Å²) in [4.78, 5) is 3.99. The Morgan fingerprint density at radius 2 is 2.40 bits per heavy atom. The van der Waals surface area contributed by atoms with Gasteiger partial charge in [-0.3, -0.25) is 0 Å². The van der Waals surface area contributed by atoms with E-state index in [0.717, 1.165) is 0 Å². The summed E-state index contributed by atoms with van der Waals surface area (Å²) in [6, 6.07) is 0. The maximum atomic E-state index is 11.7. The molecular weight excluding hydrogens is 206 g/mol. The minimum Gasteiger partial charge on any atom is -0.444 e. The molecule has 0 amide bonds. The van der Waals surface area contributed by atoms with Gasteiger partial charge < -0.3 is 14.5 Å². The quantitative estimate of drug-likeness (QED) is 0.702. The van der Waals surface area contributed by atoms with Gasteiger partial charge in [-0.25, -0.2) is 13.8 Å². The Morgan fingerprint density at radius 1 is 1.60 bits per heavy atom. The number of hydrogen-bond donors (Lipinski definition) is 1. The fourth-order valence-corrected chi connectivity index (χ4v) is 1.04. The molecule has 0 unspecified atom stereocenters. The first kappa shape index (κ1) is 12.1. The molecule has 4 nitrogen and oxygen atoms in total. The molecule has 0 saturated heterocycles. The van der Waals surface area contributed by atoms with Gasteiger partial charge in [0.1, 0.15) is 12.4 Å². The molecule has 0 saturated carbocycles. The van der Waals surface area contributed by atoms with Crippen LogP contribution < -0.4 is 5.32 Å². The molecule has 1 aromatic rings. The van der Waals surface area contributed by atoms with Crippen LogP contribution in [0.15, 0.2) is 10.6 Å². The zero-order valence-electron chi connectivity index (χ0n) is 8.50. The normalized spacial score (nSPS) is 11.2. The molecule has 1 rings (SSSR count). The number of nitrogens with one attached hydrogen (secondary N) is 1. The lowest BCUT2D eigenvalue weighted by Gasteiger charge is -2.00. The third-order valence-corrected chi connectivity index (χ3v) is 1.67. The summed E-state index contributed by atoms with van der Waals surface area (Å²) in [5.41, 5.74) is 0. The van der Waals surface area contributed by atoms with Gasteiger partial charge in [-0.15, -0.1) is 0 Å². The van der Waals surface area contributed by atoms with E-state index in [0.29, 0.717) is 24.6 Å². The lowest BCUT2D eigenvalue weighted by atomic mass is 10.4. The second-order valence-electron chi connectivity index (χ2n) is 2.97. The number of rotatable bonds is 7. The van der Waals surface area contributed by atoms with Gasteiger partial charge in [0, 0.05) is 6.42 Å². The minimum atomic E-state index is -2.42. The standard InChI is InChI=1S/C9H14F2N2O2/c1-12-5-9-13-4-7(15-9)2-3-14-6-8(10)11/h4,8,12H,2-3,5-6H2,1H3. The first-order valence-corrected chi connectivity index (χ1v) is 4.66. The molecule has 0 aliphatic rings. The Bertz CT molecular complexity index is 279. The van der Waals surface area contributed by atoms with Crippen molar-refractivity contribution < 1.29 is 17.9 Å². The van der Waals surface area contributed by atoms with Crippen LogP contribution in [-0.4, -0.2) is 31.7 Å². The molecule has 0 spiro atoms. The van der Waals surface area contributed by atoms with Crippen molar-refractivity contribution in [2.24, 2.45) is 0 Å². The molecule has 0 fully saturated rings. The third-order valence-electron chi connectivity index (χ3n) is 1.67. The predicted molar refractivity (Wildman–Crippen MR) is 49.8 cm³/mol. The van der Waals surface area contributed by atoms with Gasteiger partial charge in [-0.2, -0.15) is 0 Å². The van der Waals surface area contributed by atoms with E-state index in [9.17, 15) is 8.78 Å². The van der Waals surface area contributed by atoms with E-state index in [4.69, 9.17) is 9.15 Å². The van der Waals surface area contributed by atoms with Gasteiger partial charge in [0.25, 0.3) is 6.43 Å². The van der Waals surface area contributed by atoms with Crippen molar-refractivity contribution in [1.29, 1.82) is 0 Å². The van der Waals surface area contributed by atoms with Crippen LogP contribution in [0, 0.1) is 0 Å².